The second-order valence-electron chi connectivity index (χ2n) is 6.91. The fraction of sp³-hybridized carbons (Fsp3) is 0.286. The number of aromatic nitrogens is 2. The highest BCUT2D eigenvalue weighted by Gasteiger charge is 2.27. The quantitative estimate of drug-likeness (QED) is 0.387. The molecule has 4 heterocycles. The van der Waals surface area contributed by atoms with E-state index in [2.05, 4.69) is 21.9 Å². The van der Waals surface area contributed by atoms with Crippen LogP contribution in [0.5, 0.6) is 0 Å². The molecule has 1 fully saturated rings. The first-order valence-corrected chi connectivity index (χ1v) is 10.9. The lowest BCUT2D eigenvalue weighted by atomic mass is 10.3. The number of carbonyl (C=O) groups is 2. The van der Waals surface area contributed by atoms with Crippen LogP contribution in [0.25, 0.3) is 11.7 Å². The van der Waals surface area contributed by atoms with E-state index in [1.54, 1.807) is 28.5 Å². The zero-order chi connectivity index (χ0) is 23.2. The average Bonchev–Trinajstić information content (AvgIpc) is 3.61. The molecule has 0 atom stereocenters. The summed E-state index contributed by atoms with van der Waals surface area (Å²) in [5.74, 6) is 0.0269. The van der Waals surface area contributed by atoms with E-state index >= 15 is 0 Å². The average molecular weight is 468 g/mol. The van der Waals surface area contributed by atoms with Crippen LogP contribution in [-0.2, 0) is 9.53 Å². The molecule has 0 saturated carbocycles. The largest absolute Gasteiger partial charge is 0.459 e. The lowest BCUT2D eigenvalue weighted by molar-refractivity contribution is -0.134. The third-order valence-corrected chi connectivity index (χ3v) is 5.60. The van der Waals surface area contributed by atoms with E-state index in [-0.39, 0.29) is 29.8 Å². The molecule has 0 aliphatic carbocycles. The Morgan fingerprint density at radius 3 is 2.85 bits per heavy atom. The number of esters is 1. The summed E-state index contributed by atoms with van der Waals surface area (Å²) in [5, 5.41) is 14.5. The molecule has 1 aliphatic heterocycles. The van der Waals surface area contributed by atoms with E-state index in [0.717, 1.165) is 0 Å². The minimum Gasteiger partial charge on any atom is -0.459 e. The van der Waals surface area contributed by atoms with Crippen molar-refractivity contribution in [3.8, 4) is 17.7 Å². The number of carbonyl (C=O) groups excluding carboxylic acids is 2. The van der Waals surface area contributed by atoms with E-state index in [0.29, 0.717) is 49.5 Å². The number of hydrogen-bond acceptors (Lipinski definition) is 11. The third kappa shape index (κ3) is 5.04. The van der Waals surface area contributed by atoms with Crippen molar-refractivity contribution in [2.75, 3.05) is 49.5 Å². The van der Waals surface area contributed by atoms with Crippen LogP contribution in [0.1, 0.15) is 16.2 Å². The van der Waals surface area contributed by atoms with Crippen molar-refractivity contribution in [2.45, 2.75) is 0 Å². The molecular weight excluding hydrogens is 448 g/mol. The van der Waals surface area contributed by atoms with Crippen LogP contribution in [0.2, 0.25) is 0 Å². The molecular formula is C21H20N6O5S. The second-order valence-corrected chi connectivity index (χ2v) is 7.77. The SMILES string of the molecule is C=CCNc1nc(C(=O)OCC(=O)N2CCN(c3oc(-c4ccco4)nc3C#N)CC2)cs1. The maximum Gasteiger partial charge on any atom is 0.358 e. The molecule has 1 N–H and O–H groups in total. The van der Waals surface area contributed by atoms with Gasteiger partial charge in [0, 0.05) is 38.1 Å². The predicted molar refractivity (Wildman–Crippen MR) is 119 cm³/mol. The maximum atomic E-state index is 12.5. The number of amides is 1. The molecule has 1 aliphatic rings. The molecule has 33 heavy (non-hydrogen) atoms. The number of nitrogens with one attached hydrogen (secondary N) is 1. The topological polar surface area (TPSA) is 138 Å². The molecule has 1 saturated heterocycles. The summed E-state index contributed by atoms with van der Waals surface area (Å²) in [6.45, 7) is 5.39. The van der Waals surface area contributed by atoms with Gasteiger partial charge in [-0.1, -0.05) is 6.08 Å². The summed E-state index contributed by atoms with van der Waals surface area (Å²) in [5.41, 5.74) is 0.297. The number of anilines is 2. The molecule has 4 rings (SSSR count). The molecule has 0 bridgehead atoms. The Balaban J connectivity index is 1.29. The number of nitriles is 1. The van der Waals surface area contributed by atoms with Gasteiger partial charge in [0.2, 0.25) is 11.6 Å². The molecule has 0 spiro atoms. The van der Waals surface area contributed by atoms with Crippen molar-refractivity contribution < 1.29 is 23.2 Å². The monoisotopic (exact) mass is 468 g/mol. The van der Waals surface area contributed by atoms with Crippen LogP contribution < -0.4 is 10.2 Å². The van der Waals surface area contributed by atoms with Gasteiger partial charge in [0.15, 0.2) is 23.2 Å². The van der Waals surface area contributed by atoms with Gasteiger partial charge in [0.25, 0.3) is 11.8 Å². The Morgan fingerprint density at radius 2 is 2.15 bits per heavy atom. The first-order valence-electron chi connectivity index (χ1n) is 10.0. The third-order valence-electron chi connectivity index (χ3n) is 4.80. The summed E-state index contributed by atoms with van der Waals surface area (Å²) in [6.07, 6.45) is 3.18. The van der Waals surface area contributed by atoms with Gasteiger partial charge in [0.1, 0.15) is 6.07 Å². The molecule has 11 nitrogen and oxygen atoms in total. The molecule has 1 amide bonds. The van der Waals surface area contributed by atoms with Gasteiger partial charge in [-0.2, -0.15) is 10.2 Å². The van der Waals surface area contributed by atoms with Crippen LogP contribution in [0.4, 0.5) is 11.0 Å². The fourth-order valence-electron chi connectivity index (χ4n) is 3.16. The van der Waals surface area contributed by atoms with Crippen molar-refractivity contribution in [2.24, 2.45) is 0 Å². The lowest BCUT2D eigenvalue weighted by Crippen LogP contribution is -2.50. The van der Waals surface area contributed by atoms with Crippen LogP contribution in [0.3, 0.4) is 0 Å². The Bertz CT molecular complexity index is 1170. The van der Waals surface area contributed by atoms with Gasteiger partial charge in [-0.15, -0.1) is 17.9 Å². The van der Waals surface area contributed by atoms with E-state index < -0.39 is 5.97 Å². The summed E-state index contributed by atoms with van der Waals surface area (Å²) >= 11 is 1.27. The minimum atomic E-state index is -0.657. The number of rotatable bonds is 8. The smallest absolute Gasteiger partial charge is 0.358 e. The molecule has 0 unspecified atom stereocenters. The fourth-order valence-corrected chi connectivity index (χ4v) is 3.85. The van der Waals surface area contributed by atoms with E-state index in [9.17, 15) is 14.9 Å². The first-order chi connectivity index (χ1) is 16.1. The van der Waals surface area contributed by atoms with Gasteiger partial charge in [-0.05, 0) is 12.1 Å². The van der Waals surface area contributed by atoms with Crippen molar-refractivity contribution in [3.63, 3.8) is 0 Å². The Hall–Kier alpha value is -4.11. The van der Waals surface area contributed by atoms with Crippen molar-refractivity contribution in [1.82, 2.24) is 14.9 Å². The lowest BCUT2D eigenvalue weighted by Gasteiger charge is -2.34. The Labute approximate surface area is 192 Å². The van der Waals surface area contributed by atoms with Crippen LogP contribution in [0.15, 0.2) is 45.3 Å². The summed E-state index contributed by atoms with van der Waals surface area (Å²) in [7, 11) is 0. The van der Waals surface area contributed by atoms with Crippen LogP contribution in [0, 0.1) is 11.3 Å². The molecule has 0 aromatic carbocycles. The number of furan rings is 1. The first kappa shape index (κ1) is 22.1. The Kier molecular flexibility index (Phi) is 6.70. The molecule has 12 heteroatoms. The van der Waals surface area contributed by atoms with Crippen LogP contribution >= 0.6 is 11.3 Å². The summed E-state index contributed by atoms with van der Waals surface area (Å²) in [6, 6.07) is 5.43. The predicted octanol–water partition coefficient (Wildman–Crippen LogP) is 2.37. The molecule has 170 valence electrons. The zero-order valence-corrected chi connectivity index (χ0v) is 18.3. The van der Waals surface area contributed by atoms with Crippen molar-refractivity contribution in [1.29, 1.82) is 5.26 Å². The second kappa shape index (κ2) is 10.0. The minimum absolute atomic E-state index is 0.144. The molecule has 0 radical (unpaired) electrons. The van der Waals surface area contributed by atoms with E-state index in [1.807, 2.05) is 11.0 Å². The Morgan fingerprint density at radius 1 is 1.33 bits per heavy atom. The summed E-state index contributed by atoms with van der Waals surface area (Å²) in [4.78, 5) is 36.4. The number of oxazole rings is 1. The zero-order valence-electron chi connectivity index (χ0n) is 17.5. The number of thiazole rings is 1. The summed E-state index contributed by atoms with van der Waals surface area (Å²) < 4.78 is 16.1. The van der Waals surface area contributed by atoms with E-state index in [1.165, 1.54) is 17.6 Å². The molecule has 3 aromatic heterocycles. The van der Waals surface area contributed by atoms with Crippen molar-refractivity contribution in [3.05, 3.63) is 47.8 Å². The number of piperazine rings is 1. The normalized spacial score (nSPS) is 13.4. The van der Waals surface area contributed by atoms with Gasteiger partial charge < -0.3 is 28.7 Å². The highest BCUT2D eigenvalue weighted by molar-refractivity contribution is 7.13. The number of ether oxygens (including phenoxy) is 1. The van der Waals surface area contributed by atoms with Gasteiger partial charge >= 0.3 is 5.97 Å². The molecule has 3 aromatic rings. The number of hydrogen-bond donors (Lipinski definition) is 1. The highest BCUT2D eigenvalue weighted by atomic mass is 32.1. The van der Waals surface area contributed by atoms with Gasteiger partial charge in [-0.3, -0.25) is 4.79 Å². The van der Waals surface area contributed by atoms with Gasteiger partial charge in [-0.25, -0.2) is 9.78 Å². The van der Waals surface area contributed by atoms with Gasteiger partial charge in [0.05, 0.1) is 6.26 Å². The van der Waals surface area contributed by atoms with Crippen molar-refractivity contribution >= 4 is 34.2 Å². The number of nitrogens with zero attached hydrogens (tertiary/aromatic N) is 5. The standard InChI is InChI=1S/C21H20N6O5S/c1-2-5-23-21-25-15(13-33-21)20(29)31-12-17(28)26-6-8-27(9-7-26)19-14(11-22)24-18(32-19)16-4-3-10-30-16/h2-4,10,13H,1,5-9,12H2,(H,23,25). The van der Waals surface area contributed by atoms with E-state index in [4.69, 9.17) is 13.6 Å². The van der Waals surface area contributed by atoms with Crippen LogP contribution in [-0.4, -0.2) is 66.1 Å². The highest BCUT2D eigenvalue weighted by Crippen LogP contribution is 2.29. The maximum absolute atomic E-state index is 12.5.